The van der Waals surface area contributed by atoms with Crippen LogP contribution in [0, 0.1) is 5.92 Å². The lowest BCUT2D eigenvalue weighted by Crippen LogP contribution is -2.28. The molecule has 2 atom stereocenters. The van der Waals surface area contributed by atoms with Gasteiger partial charge in [0.15, 0.2) is 5.82 Å². The van der Waals surface area contributed by atoms with E-state index in [0.29, 0.717) is 17.8 Å². The average molecular weight is 197 g/mol. The molecule has 5 nitrogen and oxygen atoms in total. The van der Waals surface area contributed by atoms with Gasteiger partial charge in [-0.2, -0.15) is 0 Å². The van der Waals surface area contributed by atoms with Gasteiger partial charge in [0, 0.05) is 18.6 Å². The molecule has 2 unspecified atom stereocenters. The second-order valence-electron chi connectivity index (χ2n) is 3.72. The lowest BCUT2D eigenvalue weighted by molar-refractivity contribution is 0.0267. The fraction of sp³-hybridized carbons (Fsp3) is 0.778. The molecule has 2 heterocycles. The number of ether oxygens (including phenoxy) is 1. The first-order chi connectivity index (χ1) is 6.83. The van der Waals surface area contributed by atoms with E-state index in [1.165, 1.54) is 0 Å². The highest BCUT2D eigenvalue weighted by atomic mass is 16.5. The molecule has 1 N–H and O–H groups in total. The van der Waals surface area contributed by atoms with E-state index in [1.54, 1.807) is 6.33 Å². The first-order valence-corrected chi connectivity index (χ1v) is 4.90. The highest BCUT2D eigenvalue weighted by Crippen LogP contribution is 2.26. The lowest BCUT2D eigenvalue weighted by Gasteiger charge is -2.30. The SMILES string of the molecule is CC1COCCC1n1cnnc1CO. The van der Waals surface area contributed by atoms with Crippen molar-refractivity contribution >= 4 is 0 Å². The van der Waals surface area contributed by atoms with Crippen molar-refractivity contribution in [2.24, 2.45) is 5.92 Å². The van der Waals surface area contributed by atoms with E-state index in [1.807, 2.05) is 4.57 Å². The van der Waals surface area contributed by atoms with Crippen molar-refractivity contribution in [1.82, 2.24) is 14.8 Å². The number of nitrogens with zero attached hydrogens (tertiary/aromatic N) is 3. The Morgan fingerprint density at radius 2 is 2.57 bits per heavy atom. The molecule has 0 aromatic carbocycles. The van der Waals surface area contributed by atoms with Crippen LogP contribution in [-0.4, -0.2) is 33.1 Å². The molecule has 1 aliphatic rings. The van der Waals surface area contributed by atoms with Gasteiger partial charge in [-0.1, -0.05) is 6.92 Å². The first kappa shape index (κ1) is 9.61. The third kappa shape index (κ3) is 1.65. The third-order valence-electron chi connectivity index (χ3n) is 2.74. The number of rotatable bonds is 2. The number of aromatic nitrogens is 3. The van der Waals surface area contributed by atoms with Gasteiger partial charge in [0.05, 0.1) is 6.61 Å². The third-order valence-corrected chi connectivity index (χ3v) is 2.74. The maximum atomic E-state index is 9.07. The molecule has 1 aliphatic heterocycles. The van der Waals surface area contributed by atoms with Crippen LogP contribution in [-0.2, 0) is 11.3 Å². The zero-order valence-corrected chi connectivity index (χ0v) is 8.26. The van der Waals surface area contributed by atoms with Gasteiger partial charge >= 0.3 is 0 Å². The van der Waals surface area contributed by atoms with Crippen LogP contribution in [0.3, 0.4) is 0 Å². The van der Waals surface area contributed by atoms with Crippen molar-refractivity contribution in [2.45, 2.75) is 26.0 Å². The van der Waals surface area contributed by atoms with Crippen LogP contribution in [0.15, 0.2) is 6.33 Å². The maximum absolute atomic E-state index is 9.07. The van der Waals surface area contributed by atoms with Gasteiger partial charge < -0.3 is 14.4 Å². The smallest absolute Gasteiger partial charge is 0.158 e. The van der Waals surface area contributed by atoms with Crippen molar-refractivity contribution in [2.75, 3.05) is 13.2 Å². The van der Waals surface area contributed by atoms with Gasteiger partial charge in [0.1, 0.15) is 12.9 Å². The molecule has 1 aromatic rings. The average Bonchev–Trinajstić information content (AvgIpc) is 2.66. The van der Waals surface area contributed by atoms with Crippen LogP contribution in [0.4, 0.5) is 0 Å². The minimum absolute atomic E-state index is 0.0515. The van der Waals surface area contributed by atoms with Crippen molar-refractivity contribution in [1.29, 1.82) is 0 Å². The Morgan fingerprint density at radius 3 is 3.29 bits per heavy atom. The second kappa shape index (κ2) is 4.06. The van der Waals surface area contributed by atoms with Gasteiger partial charge in [-0.3, -0.25) is 0 Å². The van der Waals surface area contributed by atoms with Crippen LogP contribution in [0.2, 0.25) is 0 Å². The Bertz CT molecular complexity index is 300. The summed E-state index contributed by atoms with van der Waals surface area (Å²) in [5.74, 6) is 1.09. The number of aliphatic hydroxyl groups excluding tert-OH is 1. The summed E-state index contributed by atoms with van der Waals surface area (Å²) < 4.78 is 7.33. The highest BCUT2D eigenvalue weighted by Gasteiger charge is 2.25. The van der Waals surface area contributed by atoms with Gasteiger partial charge in [0.25, 0.3) is 0 Å². The molecule has 0 spiro atoms. The van der Waals surface area contributed by atoms with Gasteiger partial charge in [-0.05, 0) is 6.42 Å². The van der Waals surface area contributed by atoms with Crippen molar-refractivity contribution in [3.63, 3.8) is 0 Å². The summed E-state index contributed by atoms with van der Waals surface area (Å²) in [4.78, 5) is 0. The molecule has 1 fully saturated rings. The summed E-state index contributed by atoms with van der Waals surface area (Å²) in [6, 6.07) is 0.362. The minimum Gasteiger partial charge on any atom is -0.388 e. The Balaban J connectivity index is 2.20. The molecule has 1 saturated heterocycles. The van der Waals surface area contributed by atoms with E-state index in [2.05, 4.69) is 17.1 Å². The Hall–Kier alpha value is -0.940. The fourth-order valence-corrected chi connectivity index (χ4v) is 1.94. The van der Waals surface area contributed by atoms with Gasteiger partial charge in [-0.25, -0.2) is 0 Å². The van der Waals surface area contributed by atoms with Crippen LogP contribution in [0.1, 0.15) is 25.2 Å². The van der Waals surface area contributed by atoms with E-state index >= 15 is 0 Å². The number of aliphatic hydroxyl groups is 1. The summed E-state index contributed by atoms with van der Waals surface area (Å²) in [7, 11) is 0. The summed E-state index contributed by atoms with van der Waals surface area (Å²) in [5, 5.41) is 16.8. The topological polar surface area (TPSA) is 60.2 Å². The molecule has 5 heteroatoms. The molecule has 0 bridgehead atoms. The minimum atomic E-state index is -0.0515. The molecule has 0 amide bonds. The van der Waals surface area contributed by atoms with Gasteiger partial charge in [-0.15, -0.1) is 10.2 Å². The molecule has 0 aliphatic carbocycles. The zero-order chi connectivity index (χ0) is 9.97. The zero-order valence-electron chi connectivity index (χ0n) is 8.26. The Labute approximate surface area is 82.7 Å². The number of hydrogen-bond donors (Lipinski definition) is 1. The second-order valence-corrected chi connectivity index (χ2v) is 3.72. The number of hydrogen-bond acceptors (Lipinski definition) is 4. The van der Waals surface area contributed by atoms with Crippen LogP contribution < -0.4 is 0 Å². The molecule has 78 valence electrons. The predicted octanol–water partition coefficient (Wildman–Crippen LogP) is 0.368. The van der Waals surface area contributed by atoms with Crippen molar-refractivity contribution in [3.05, 3.63) is 12.2 Å². The van der Waals surface area contributed by atoms with E-state index < -0.39 is 0 Å². The summed E-state index contributed by atoms with van der Waals surface area (Å²) >= 11 is 0. The Morgan fingerprint density at radius 1 is 1.71 bits per heavy atom. The summed E-state index contributed by atoms with van der Waals surface area (Å²) in [5.41, 5.74) is 0. The normalized spacial score (nSPS) is 27.9. The fourth-order valence-electron chi connectivity index (χ4n) is 1.94. The first-order valence-electron chi connectivity index (χ1n) is 4.90. The lowest BCUT2D eigenvalue weighted by atomic mass is 9.97. The monoisotopic (exact) mass is 197 g/mol. The summed E-state index contributed by atoms with van der Waals surface area (Å²) in [6.07, 6.45) is 2.66. The van der Waals surface area contributed by atoms with E-state index in [4.69, 9.17) is 9.84 Å². The van der Waals surface area contributed by atoms with Crippen LogP contribution in [0.25, 0.3) is 0 Å². The van der Waals surface area contributed by atoms with Crippen LogP contribution >= 0.6 is 0 Å². The van der Waals surface area contributed by atoms with Gasteiger partial charge in [0.2, 0.25) is 0 Å². The van der Waals surface area contributed by atoms with E-state index in [0.717, 1.165) is 19.6 Å². The molecule has 1 aromatic heterocycles. The largest absolute Gasteiger partial charge is 0.388 e. The quantitative estimate of drug-likeness (QED) is 0.744. The van der Waals surface area contributed by atoms with E-state index in [-0.39, 0.29) is 6.61 Å². The predicted molar refractivity (Wildman–Crippen MR) is 49.6 cm³/mol. The molecule has 2 rings (SSSR count). The van der Waals surface area contributed by atoms with Crippen molar-refractivity contribution in [3.8, 4) is 0 Å². The molecule has 0 radical (unpaired) electrons. The maximum Gasteiger partial charge on any atom is 0.158 e. The van der Waals surface area contributed by atoms with E-state index in [9.17, 15) is 0 Å². The molecular weight excluding hydrogens is 182 g/mol. The van der Waals surface area contributed by atoms with Crippen LogP contribution in [0.5, 0.6) is 0 Å². The molecular formula is C9H15N3O2. The van der Waals surface area contributed by atoms with Crippen molar-refractivity contribution < 1.29 is 9.84 Å². The highest BCUT2D eigenvalue weighted by molar-refractivity contribution is 4.90. The molecule has 14 heavy (non-hydrogen) atoms. The Kier molecular flexibility index (Phi) is 2.79. The standard InChI is InChI=1S/C9H15N3O2/c1-7-5-14-3-2-8(7)12-6-10-11-9(12)4-13/h6-8,13H,2-5H2,1H3. The molecule has 0 saturated carbocycles. The summed E-state index contributed by atoms with van der Waals surface area (Å²) in [6.45, 7) is 3.64.